The number of alkyl halides is 1. The van der Waals surface area contributed by atoms with Crippen molar-refractivity contribution in [1.29, 1.82) is 0 Å². The number of fused-ring (bicyclic) bond motifs is 5. The highest BCUT2D eigenvalue weighted by atomic mass is 79.9. The van der Waals surface area contributed by atoms with Crippen molar-refractivity contribution in [3.05, 3.63) is 0 Å². The number of hydrogen-bond donors (Lipinski definition) is 1. The first-order valence-electron chi connectivity index (χ1n) is 7.12. The van der Waals surface area contributed by atoms with Crippen molar-refractivity contribution >= 4 is 21.8 Å². The Morgan fingerprint density at radius 2 is 2.00 bits per heavy atom. The summed E-state index contributed by atoms with van der Waals surface area (Å²) in [6.07, 6.45) is 6.32. The second-order valence-corrected chi connectivity index (χ2v) is 6.90. The fourth-order valence-corrected chi connectivity index (χ4v) is 5.04. The van der Waals surface area contributed by atoms with E-state index in [0.717, 1.165) is 41.8 Å². The van der Waals surface area contributed by atoms with Crippen LogP contribution in [0.5, 0.6) is 0 Å². The summed E-state index contributed by atoms with van der Waals surface area (Å²) in [4.78, 5) is 12.3. The van der Waals surface area contributed by atoms with Crippen LogP contribution in [-0.4, -0.2) is 17.3 Å². The van der Waals surface area contributed by atoms with Gasteiger partial charge in [-0.1, -0.05) is 22.9 Å². The molecule has 3 aliphatic carbocycles. The summed E-state index contributed by atoms with van der Waals surface area (Å²) in [5, 5.41) is 4.24. The van der Waals surface area contributed by atoms with Gasteiger partial charge in [0.25, 0.3) is 0 Å². The average Bonchev–Trinajstić information content (AvgIpc) is 2.78. The summed E-state index contributed by atoms with van der Waals surface area (Å²) in [6.45, 7) is 2.16. The number of hydrogen-bond acceptors (Lipinski definition) is 1. The Bertz CT molecular complexity index is 303. The van der Waals surface area contributed by atoms with Crippen LogP contribution in [0.4, 0.5) is 0 Å². The molecule has 0 aliphatic heterocycles. The number of carbonyl (C=O) groups is 1. The van der Waals surface area contributed by atoms with Gasteiger partial charge in [-0.25, -0.2) is 0 Å². The molecule has 5 unspecified atom stereocenters. The predicted octanol–water partition coefficient (Wildman–Crippen LogP) is 2.96. The number of rotatable bonds is 5. The van der Waals surface area contributed by atoms with Crippen molar-refractivity contribution in [3.63, 3.8) is 0 Å². The molecular weight excluding hydrogens is 278 g/mol. The van der Waals surface area contributed by atoms with Gasteiger partial charge in [0.05, 0.1) is 0 Å². The van der Waals surface area contributed by atoms with Gasteiger partial charge in [0.2, 0.25) is 5.91 Å². The normalized spacial score (nSPS) is 43.3. The lowest BCUT2D eigenvalue weighted by Gasteiger charge is -2.17. The Kier molecular flexibility index (Phi) is 3.22. The first-order valence-corrected chi connectivity index (χ1v) is 8.24. The van der Waals surface area contributed by atoms with Crippen molar-refractivity contribution in [2.24, 2.45) is 29.6 Å². The molecule has 0 spiro atoms. The SMILES string of the molecule is CCC(CCBr)NC(=O)C1C2C3CCC(C3)C12. The van der Waals surface area contributed by atoms with Crippen LogP contribution in [0.15, 0.2) is 0 Å². The first kappa shape index (κ1) is 12.0. The molecule has 5 atom stereocenters. The molecule has 0 saturated heterocycles. The molecule has 1 amide bonds. The Hall–Kier alpha value is -0.0500. The molecule has 3 fully saturated rings. The molecule has 0 aromatic heterocycles. The number of halogens is 1. The monoisotopic (exact) mass is 299 g/mol. The minimum Gasteiger partial charge on any atom is -0.353 e. The summed E-state index contributed by atoms with van der Waals surface area (Å²) in [7, 11) is 0. The minimum atomic E-state index is 0.365. The average molecular weight is 300 g/mol. The molecule has 0 radical (unpaired) electrons. The van der Waals surface area contributed by atoms with Crippen LogP contribution in [0, 0.1) is 29.6 Å². The molecule has 96 valence electrons. The van der Waals surface area contributed by atoms with Crippen LogP contribution in [0.2, 0.25) is 0 Å². The van der Waals surface area contributed by atoms with Crippen LogP contribution in [0.1, 0.15) is 39.0 Å². The highest BCUT2D eigenvalue weighted by Gasteiger charge is 2.67. The van der Waals surface area contributed by atoms with E-state index >= 15 is 0 Å². The fourth-order valence-electron chi connectivity index (χ4n) is 4.48. The molecule has 0 aromatic carbocycles. The second kappa shape index (κ2) is 4.56. The van der Waals surface area contributed by atoms with Crippen LogP contribution in [0.25, 0.3) is 0 Å². The standard InChI is InChI=1S/C14H22BrNO/c1-2-10(5-6-15)16-14(17)13-11-8-3-4-9(7-8)12(11)13/h8-13H,2-7H2,1H3,(H,16,17). The first-order chi connectivity index (χ1) is 8.26. The largest absolute Gasteiger partial charge is 0.353 e. The maximum Gasteiger partial charge on any atom is 0.223 e. The Balaban J connectivity index is 1.55. The van der Waals surface area contributed by atoms with Gasteiger partial charge in [-0.2, -0.15) is 0 Å². The third-order valence-electron chi connectivity index (χ3n) is 5.33. The van der Waals surface area contributed by atoms with E-state index in [1.807, 2.05) is 0 Å². The van der Waals surface area contributed by atoms with Gasteiger partial charge in [0.15, 0.2) is 0 Å². The zero-order valence-electron chi connectivity index (χ0n) is 10.5. The third kappa shape index (κ3) is 1.94. The molecule has 1 N–H and O–H groups in total. The maximum absolute atomic E-state index is 12.3. The van der Waals surface area contributed by atoms with E-state index in [2.05, 4.69) is 28.2 Å². The lowest BCUT2D eigenvalue weighted by atomic mass is 10.0. The van der Waals surface area contributed by atoms with E-state index in [9.17, 15) is 4.79 Å². The minimum absolute atomic E-state index is 0.365. The van der Waals surface area contributed by atoms with Gasteiger partial charge in [-0.15, -0.1) is 0 Å². The van der Waals surface area contributed by atoms with E-state index in [1.54, 1.807) is 0 Å². The number of amides is 1. The molecule has 3 saturated carbocycles. The zero-order chi connectivity index (χ0) is 12.0. The van der Waals surface area contributed by atoms with Crippen LogP contribution in [0.3, 0.4) is 0 Å². The highest BCUT2D eigenvalue weighted by molar-refractivity contribution is 9.09. The van der Waals surface area contributed by atoms with Crippen molar-refractivity contribution in [3.8, 4) is 0 Å². The maximum atomic E-state index is 12.3. The second-order valence-electron chi connectivity index (χ2n) is 6.11. The van der Waals surface area contributed by atoms with Gasteiger partial charge < -0.3 is 5.32 Å². The van der Waals surface area contributed by atoms with Gasteiger partial charge in [-0.05, 0) is 55.8 Å². The molecule has 17 heavy (non-hydrogen) atoms. The molecule has 2 nitrogen and oxygen atoms in total. The Labute approximate surface area is 112 Å². The Morgan fingerprint density at radius 3 is 2.53 bits per heavy atom. The third-order valence-corrected chi connectivity index (χ3v) is 5.79. The van der Waals surface area contributed by atoms with Gasteiger partial charge >= 0.3 is 0 Å². The summed E-state index contributed by atoms with van der Waals surface area (Å²) in [6, 6.07) is 0.376. The summed E-state index contributed by atoms with van der Waals surface area (Å²) in [5.74, 6) is 4.11. The van der Waals surface area contributed by atoms with Crippen LogP contribution >= 0.6 is 15.9 Å². The van der Waals surface area contributed by atoms with E-state index < -0.39 is 0 Å². The summed E-state index contributed by atoms with van der Waals surface area (Å²) >= 11 is 3.46. The molecule has 0 heterocycles. The van der Waals surface area contributed by atoms with Crippen molar-refractivity contribution in [1.82, 2.24) is 5.32 Å². The van der Waals surface area contributed by atoms with E-state index in [-0.39, 0.29) is 0 Å². The number of nitrogens with one attached hydrogen (secondary N) is 1. The topological polar surface area (TPSA) is 29.1 Å². The molecular formula is C14H22BrNO. The Morgan fingerprint density at radius 1 is 1.35 bits per heavy atom. The van der Waals surface area contributed by atoms with Gasteiger partial charge in [0.1, 0.15) is 0 Å². The van der Waals surface area contributed by atoms with E-state index in [4.69, 9.17) is 0 Å². The molecule has 3 heteroatoms. The van der Waals surface area contributed by atoms with Crippen LogP contribution in [-0.2, 0) is 4.79 Å². The molecule has 0 aromatic rings. The molecule has 2 bridgehead atoms. The van der Waals surface area contributed by atoms with E-state index in [0.29, 0.717) is 17.9 Å². The van der Waals surface area contributed by atoms with E-state index in [1.165, 1.54) is 19.3 Å². The molecule has 3 aliphatic rings. The lowest BCUT2D eigenvalue weighted by molar-refractivity contribution is -0.124. The lowest BCUT2D eigenvalue weighted by Crippen LogP contribution is -2.37. The quantitative estimate of drug-likeness (QED) is 0.777. The fraction of sp³-hybridized carbons (Fsp3) is 0.929. The zero-order valence-corrected chi connectivity index (χ0v) is 12.1. The highest BCUT2D eigenvalue weighted by Crippen LogP contribution is 2.69. The van der Waals surface area contributed by atoms with Crippen molar-refractivity contribution in [2.45, 2.75) is 45.1 Å². The van der Waals surface area contributed by atoms with Crippen molar-refractivity contribution < 1.29 is 4.79 Å². The smallest absolute Gasteiger partial charge is 0.223 e. The van der Waals surface area contributed by atoms with Crippen LogP contribution < -0.4 is 5.32 Å². The van der Waals surface area contributed by atoms with Gasteiger partial charge in [-0.3, -0.25) is 4.79 Å². The molecule has 3 rings (SSSR count). The van der Waals surface area contributed by atoms with Crippen molar-refractivity contribution in [2.75, 3.05) is 5.33 Å². The number of carbonyl (C=O) groups excluding carboxylic acids is 1. The predicted molar refractivity (Wildman–Crippen MR) is 71.9 cm³/mol. The summed E-state index contributed by atoms with van der Waals surface area (Å²) in [5.41, 5.74) is 0. The summed E-state index contributed by atoms with van der Waals surface area (Å²) < 4.78 is 0. The van der Waals surface area contributed by atoms with Gasteiger partial charge in [0, 0.05) is 17.3 Å².